The Hall–Kier alpha value is -1.80. The smallest absolute Gasteiger partial charge is 0.262 e. The minimum absolute atomic E-state index is 0.103. The van der Waals surface area contributed by atoms with Crippen LogP contribution in [0.2, 0.25) is 10.0 Å². The van der Waals surface area contributed by atoms with Gasteiger partial charge in [-0.1, -0.05) is 48.2 Å². The van der Waals surface area contributed by atoms with Crippen molar-refractivity contribution >= 4 is 44.8 Å². The SMILES string of the molecule is O=C(COc1ccccc1Cl)Nc1cc(S(=O)(=O)N2CCCCCC2)ccc1Cl. The van der Waals surface area contributed by atoms with Crippen LogP contribution >= 0.6 is 23.2 Å². The largest absolute Gasteiger partial charge is 0.482 e. The van der Waals surface area contributed by atoms with Crippen molar-refractivity contribution in [3.63, 3.8) is 0 Å². The lowest BCUT2D eigenvalue weighted by atomic mass is 10.2. The van der Waals surface area contributed by atoms with Crippen LogP contribution in [0.25, 0.3) is 0 Å². The molecule has 156 valence electrons. The summed E-state index contributed by atoms with van der Waals surface area (Å²) in [6, 6.07) is 11.1. The van der Waals surface area contributed by atoms with Crippen LogP contribution in [-0.4, -0.2) is 38.3 Å². The number of hydrogen-bond acceptors (Lipinski definition) is 4. The van der Waals surface area contributed by atoms with Gasteiger partial charge in [-0.2, -0.15) is 4.31 Å². The monoisotopic (exact) mass is 456 g/mol. The number of rotatable bonds is 6. The quantitative estimate of drug-likeness (QED) is 0.689. The summed E-state index contributed by atoms with van der Waals surface area (Å²) >= 11 is 12.2. The average molecular weight is 457 g/mol. The van der Waals surface area contributed by atoms with Crippen molar-refractivity contribution in [1.29, 1.82) is 0 Å². The van der Waals surface area contributed by atoms with E-state index in [4.69, 9.17) is 27.9 Å². The van der Waals surface area contributed by atoms with Crippen molar-refractivity contribution in [3.05, 3.63) is 52.5 Å². The molecule has 9 heteroatoms. The third kappa shape index (κ3) is 5.63. The molecule has 0 spiro atoms. The minimum atomic E-state index is -3.65. The number of carbonyl (C=O) groups is 1. The van der Waals surface area contributed by atoms with Gasteiger partial charge in [-0.3, -0.25) is 4.79 Å². The Labute approximate surface area is 180 Å². The fourth-order valence-corrected chi connectivity index (χ4v) is 4.98. The van der Waals surface area contributed by atoms with E-state index in [-0.39, 0.29) is 22.2 Å². The molecule has 0 aliphatic carbocycles. The van der Waals surface area contributed by atoms with Gasteiger partial charge in [0.2, 0.25) is 10.0 Å². The first-order valence-electron chi connectivity index (χ1n) is 9.35. The predicted molar refractivity (Wildman–Crippen MR) is 114 cm³/mol. The van der Waals surface area contributed by atoms with Crippen LogP contribution in [0.3, 0.4) is 0 Å². The molecule has 0 atom stereocenters. The van der Waals surface area contributed by atoms with Crippen LogP contribution in [0.5, 0.6) is 5.75 Å². The maximum Gasteiger partial charge on any atom is 0.262 e. The molecule has 2 aromatic carbocycles. The summed E-state index contributed by atoms with van der Waals surface area (Å²) in [5.74, 6) is -0.0935. The topological polar surface area (TPSA) is 75.7 Å². The zero-order valence-corrected chi connectivity index (χ0v) is 18.1. The highest BCUT2D eigenvalue weighted by Crippen LogP contribution is 2.28. The number of benzene rings is 2. The van der Waals surface area contributed by atoms with Gasteiger partial charge in [0.05, 0.1) is 20.6 Å². The van der Waals surface area contributed by atoms with E-state index in [2.05, 4.69) is 5.32 Å². The summed E-state index contributed by atoms with van der Waals surface area (Å²) in [6.45, 7) is 0.708. The van der Waals surface area contributed by atoms with Crippen molar-refractivity contribution in [2.75, 3.05) is 25.0 Å². The fourth-order valence-electron chi connectivity index (χ4n) is 3.08. The van der Waals surface area contributed by atoms with Gasteiger partial charge in [-0.05, 0) is 43.2 Å². The maximum atomic E-state index is 13.0. The summed E-state index contributed by atoms with van der Waals surface area (Å²) < 4.78 is 32.8. The molecule has 0 saturated carbocycles. The molecular weight excluding hydrogens is 435 g/mol. The lowest BCUT2D eigenvalue weighted by Crippen LogP contribution is -2.32. The molecule has 1 N–H and O–H groups in total. The second-order valence-electron chi connectivity index (χ2n) is 6.73. The number of nitrogens with one attached hydrogen (secondary N) is 1. The number of para-hydroxylation sites is 1. The third-order valence-corrected chi connectivity index (χ3v) is 7.15. The number of halogens is 2. The van der Waals surface area contributed by atoms with E-state index < -0.39 is 15.9 Å². The number of amides is 1. The van der Waals surface area contributed by atoms with Crippen LogP contribution in [0.4, 0.5) is 5.69 Å². The Morgan fingerprint density at radius 2 is 1.69 bits per heavy atom. The Kier molecular flexibility index (Phi) is 7.40. The fraction of sp³-hybridized carbons (Fsp3) is 0.350. The molecule has 0 bridgehead atoms. The van der Waals surface area contributed by atoms with E-state index in [0.717, 1.165) is 25.7 Å². The first-order valence-corrected chi connectivity index (χ1v) is 11.5. The van der Waals surface area contributed by atoms with Crippen LogP contribution in [0.15, 0.2) is 47.4 Å². The van der Waals surface area contributed by atoms with Crippen molar-refractivity contribution in [3.8, 4) is 5.75 Å². The Morgan fingerprint density at radius 1 is 1.00 bits per heavy atom. The average Bonchev–Trinajstić information content (AvgIpc) is 2.99. The summed E-state index contributed by atoms with van der Waals surface area (Å²) in [6.07, 6.45) is 3.74. The highest BCUT2D eigenvalue weighted by molar-refractivity contribution is 7.89. The second-order valence-corrected chi connectivity index (χ2v) is 9.48. The molecule has 3 rings (SSSR count). The van der Waals surface area contributed by atoms with Crippen molar-refractivity contribution in [2.24, 2.45) is 0 Å². The van der Waals surface area contributed by atoms with Crippen molar-refractivity contribution in [2.45, 2.75) is 30.6 Å². The highest BCUT2D eigenvalue weighted by atomic mass is 35.5. The van der Waals surface area contributed by atoms with E-state index in [0.29, 0.717) is 23.9 Å². The Morgan fingerprint density at radius 3 is 2.38 bits per heavy atom. The molecule has 1 fully saturated rings. The zero-order valence-electron chi connectivity index (χ0n) is 15.7. The van der Waals surface area contributed by atoms with Crippen LogP contribution in [0.1, 0.15) is 25.7 Å². The van der Waals surface area contributed by atoms with E-state index in [1.165, 1.54) is 22.5 Å². The molecule has 0 radical (unpaired) electrons. The molecule has 1 aliphatic heterocycles. The normalized spacial score (nSPS) is 15.5. The molecular formula is C20H22Cl2N2O4S. The minimum Gasteiger partial charge on any atom is -0.482 e. The molecule has 0 unspecified atom stereocenters. The van der Waals surface area contributed by atoms with E-state index in [1.807, 2.05) is 0 Å². The predicted octanol–water partition coefficient (Wildman–Crippen LogP) is 4.58. The first-order chi connectivity index (χ1) is 13.9. The van der Waals surface area contributed by atoms with Gasteiger partial charge in [-0.15, -0.1) is 0 Å². The van der Waals surface area contributed by atoms with Gasteiger partial charge in [0.25, 0.3) is 5.91 Å². The number of nitrogens with zero attached hydrogens (tertiary/aromatic N) is 1. The Balaban J connectivity index is 1.71. The van der Waals surface area contributed by atoms with Gasteiger partial charge >= 0.3 is 0 Å². The summed E-state index contributed by atoms with van der Waals surface area (Å²) in [4.78, 5) is 12.4. The summed E-state index contributed by atoms with van der Waals surface area (Å²) in [5.41, 5.74) is 0.218. The zero-order chi connectivity index (χ0) is 20.9. The number of anilines is 1. The molecule has 6 nitrogen and oxygen atoms in total. The first kappa shape index (κ1) is 21.9. The molecule has 1 heterocycles. The lowest BCUT2D eigenvalue weighted by Gasteiger charge is -2.20. The van der Waals surface area contributed by atoms with E-state index in [9.17, 15) is 13.2 Å². The molecule has 1 amide bonds. The number of hydrogen-bond donors (Lipinski definition) is 1. The van der Waals surface area contributed by atoms with Crippen molar-refractivity contribution < 1.29 is 17.9 Å². The third-order valence-electron chi connectivity index (χ3n) is 4.61. The van der Waals surface area contributed by atoms with E-state index in [1.54, 1.807) is 24.3 Å². The number of sulfonamides is 1. The van der Waals surface area contributed by atoms with Gasteiger partial charge < -0.3 is 10.1 Å². The summed E-state index contributed by atoms with van der Waals surface area (Å²) in [7, 11) is -3.65. The van der Waals surface area contributed by atoms with Crippen LogP contribution in [0, 0.1) is 0 Å². The van der Waals surface area contributed by atoms with Gasteiger partial charge in [0, 0.05) is 13.1 Å². The number of carbonyl (C=O) groups excluding carboxylic acids is 1. The molecule has 2 aromatic rings. The molecule has 29 heavy (non-hydrogen) atoms. The van der Waals surface area contributed by atoms with Crippen LogP contribution < -0.4 is 10.1 Å². The van der Waals surface area contributed by atoms with Crippen LogP contribution in [-0.2, 0) is 14.8 Å². The number of ether oxygens (including phenoxy) is 1. The lowest BCUT2D eigenvalue weighted by molar-refractivity contribution is -0.118. The summed E-state index contributed by atoms with van der Waals surface area (Å²) in [5, 5.41) is 3.24. The molecule has 0 aromatic heterocycles. The van der Waals surface area contributed by atoms with E-state index >= 15 is 0 Å². The Bertz CT molecular complexity index is 974. The standard InChI is InChI=1S/C20H22Cl2N2O4S/c21-16-10-9-15(29(26,27)24-11-5-1-2-6-12-24)13-18(16)23-20(25)14-28-19-8-4-3-7-17(19)22/h3-4,7-10,13H,1-2,5-6,11-12,14H2,(H,23,25). The second kappa shape index (κ2) is 9.80. The molecule has 1 saturated heterocycles. The van der Waals surface area contributed by atoms with Crippen molar-refractivity contribution in [1.82, 2.24) is 4.31 Å². The maximum absolute atomic E-state index is 13.0. The van der Waals surface area contributed by atoms with Gasteiger partial charge in [0.1, 0.15) is 5.75 Å². The van der Waals surface area contributed by atoms with Gasteiger partial charge in [0.15, 0.2) is 6.61 Å². The molecule has 1 aliphatic rings. The highest BCUT2D eigenvalue weighted by Gasteiger charge is 2.26. The van der Waals surface area contributed by atoms with Gasteiger partial charge in [-0.25, -0.2) is 8.42 Å².